The molecule has 0 aliphatic carbocycles. The molecular formula is C28H41N4+. The van der Waals surface area contributed by atoms with Crippen LogP contribution in [0.2, 0.25) is 0 Å². The van der Waals surface area contributed by atoms with Crippen molar-refractivity contribution in [2.75, 3.05) is 50.7 Å². The molecule has 172 valence electrons. The van der Waals surface area contributed by atoms with Crippen LogP contribution in [-0.4, -0.2) is 72.6 Å². The summed E-state index contributed by atoms with van der Waals surface area (Å²) in [4.78, 5) is 7.82. The molecule has 2 heterocycles. The minimum atomic E-state index is 0.448. The van der Waals surface area contributed by atoms with E-state index in [9.17, 15) is 0 Å². The molecule has 0 bridgehead atoms. The van der Waals surface area contributed by atoms with Crippen LogP contribution in [0.4, 0.5) is 11.4 Å². The van der Waals surface area contributed by atoms with Gasteiger partial charge in [-0.3, -0.25) is 4.90 Å². The standard InChI is InChI=1S/C28H41N4/c1-8-29-9-11-30(12-10-29)17-26-18-31(27-22(4)13-20(2)14-23(27)5)19-32(26)28-24(6)15-21(3)16-25(28)7/h13-16,19,26H,8-12,17-18H2,1-7H3/q+1. The first-order valence-electron chi connectivity index (χ1n) is 12.3. The Hall–Kier alpha value is -2.17. The zero-order valence-corrected chi connectivity index (χ0v) is 21.2. The second-order valence-electron chi connectivity index (χ2n) is 10.1. The Labute approximate surface area is 195 Å². The van der Waals surface area contributed by atoms with Gasteiger partial charge in [-0.2, -0.15) is 0 Å². The monoisotopic (exact) mass is 433 g/mol. The fourth-order valence-electron chi connectivity index (χ4n) is 5.93. The fourth-order valence-corrected chi connectivity index (χ4v) is 5.93. The summed E-state index contributed by atoms with van der Waals surface area (Å²) in [5, 5.41) is 0. The quantitative estimate of drug-likeness (QED) is 0.633. The van der Waals surface area contributed by atoms with Crippen molar-refractivity contribution in [1.29, 1.82) is 0 Å². The maximum atomic E-state index is 2.68. The van der Waals surface area contributed by atoms with Crippen LogP contribution in [0.25, 0.3) is 0 Å². The van der Waals surface area contributed by atoms with Crippen molar-refractivity contribution in [2.24, 2.45) is 0 Å². The lowest BCUT2D eigenvalue weighted by molar-refractivity contribution is -0.429. The molecule has 2 aliphatic heterocycles. The normalized spacial score (nSPS) is 20.2. The van der Waals surface area contributed by atoms with Gasteiger partial charge in [0.25, 0.3) is 0 Å². The Kier molecular flexibility index (Phi) is 6.73. The molecule has 1 unspecified atom stereocenters. The summed E-state index contributed by atoms with van der Waals surface area (Å²) in [6.45, 7) is 23.8. The van der Waals surface area contributed by atoms with Gasteiger partial charge in [0.1, 0.15) is 17.9 Å². The highest BCUT2D eigenvalue weighted by atomic mass is 15.3. The third-order valence-corrected chi connectivity index (χ3v) is 7.26. The van der Waals surface area contributed by atoms with Crippen molar-refractivity contribution in [3.63, 3.8) is 0 Å². The van der Waals surface area contributed by atoms with E-state index in [4.69, 9.17) is 0 Å². The van der Waals surface area contributed by atoms with E-state index in [2.05, 4.69) is 98.3 Å². The lowest BCUT2D eigenvalue weighted by atomic mass is 10.0. The topological polar surface area (TPSA) is 12.7 Å². The van der Waals surface area contributed by atoms with E-state index in [0.29, 0.717) is 6.04 Å². The van der Waals surface area contributed by atoms with Gasteiger partial charge >= 0.3 is 0 Å². The van der Waals surface area contributed by atoms with E-state index in [-0.39, 0.29) is 0 Å². The number of rotatable bonds is 5. The first kappa shape index (κ1) is 23.0. The average molecular weight is 434 g/mol. The predicted molar refractivity (Wildman–Crippen MR) is 137 cm³/mol. The van der Waals surface area contributed by atoms with Crippen molar-refractivity contribution in [1.82, 2.24) is 9.80 Å². The van der Waals surface area contributed by atoms with Gasteiger partial charge in [-0.05, 0) is 70.3 Å². The number of nitrogens with zero attached hydrogens (tertiary/aromatic N) is 4. The van der Waals surface area contributed by atoms with Gasteiger partial charge in [0, 0.05) is 32.7 Å². The molecule has 0 amide bonds. The summed E-state index contributed by atoms with van der Waals surface area (Å²) in [5.74, 6) is 0. The summed E-state index contributed by atoms with van der Waals surface area (Å²) in [5.41, 5.74) is 10.9. The molecule has 32 heavy (non-hydrogen) atoms. The number of hydrogen-bond donors (Lipinski definition) is 0. The molecule has 1 saturated heterocycles. The Morgan fingerprint density at radius 1 is 0.750 bits per heavy atom. The van der Waals surface area contributed by atoms with Gasteiger partial charge < -0.3 is 4.90 Å². The van der Waals surface area contributed by atoms with Crippen LogP contribution in [0, 0.1) is 41.5 Å². The maximum absolute atomic E-state index is 2.68. The van der Waals surface area contributed by atoms with Gasteiger partial charge in [-0.25, -0.2) is 9.48 Å². The Bertz CT molecular complexity index is 968. The molecule has 0 N–H and O–H groups in total. The van der Waals surface area contributed by atoms with Gasteiger partial charge in [0.15, 0.2) is 6.04 Å². The summed E-state index contributed by atoms with van der Waals surface area (Å²) >= 11 is 0. The van der Waals surface area contributed by atoms with Crippen molar-refractivity contribution in [2.45, 2.75) is 54.5 Å². The van der Waals surface area contributed by atoms with E-state index >= 15 is 0 Å². The average Bonchev–Trinajstić information content (AvgIpc) is 3.09. The molecule has 1 atom stereocenters. The number of likely N-dealkylation sites (N-methyl/N-ethyl adjacent to an activating group) is 1. The Balaban J connectivity index is 1.69. The van der Waals surface area contributed by atoms with Crippen molar-refractivity contribution < 1.29 is 4.58 Å². The van der Waals surface area contributed by atoms with E-state index in [1.165, 1.54) is 77.5 Å². The van der Waals surface area contributed by atoms with Gasteiger partial charge in [-0.15, -0.1) is 0 Å². The largest absolute Gasteiger partial charge is 0.301 e. The number of anilines is 1. The van der Waals surface area contributed by atoms with Gasteiger partial charge in [-0.1, -0.05) is 42.3 Å². The van der Waals surface area contributed by atoms with E-state index in [1.807, 2.05) is 0 Å². The molecule has 1 fully saturated rings. The molecule has 4 heteroatoms. The molecule has 0 spiro atoms. The fraction of sp³-hybridized carbons (Fsp3) is 0.536. The summed E-state index contributed by atoms with van der Waals surface area (Å²) in [6, 6.07) is 9.75. The molecule has 2 aliphatic rings. The van der Waals surface area contributed by atoms with Crippen LogP contribution >= 0.6 is 0 Å². The Morgan fingerprint density at radius 3 is 1.78 bits per heavy atom. The third kappa shape index (κ3) is 4.62. The molecule has 2 aromatic carbocycles. The van der Waals surface area contributed by atoms with Crippen molar-refractivity contribution in [3.05, 3.63) is 57.6 Å². The molecular weight excluding hydrogens is 392 g/mol. The molecule has 0 aromatic heterocycles. The van der Waals surface area contributed by atoms with Crippen LogP contribution < -0.4 is 4.90 Å². The summed E-state index contributed by atoms with van der Waals surface area (Å²) in [6.07, 6.45) is 2.39. The highest BCUT2D eigenvalue weighted by Crippen LogP contribution is 2.33. The van der Waals surface area contributed by atoms with E-state index in [0.717, 1.165) is 13.1 Å². The first-order valence-corrected chi connectivity index (χ1v) is 12.3. The van der Waals surface area contributed by atoms with Crippen molar-refractivity contribution in [3.8, 4) is 0 Å². The number of benzene rings is 2. The van der Waals surface area contributed by atoms with Gasteiger partial charge in [0.2, 0.25) is 6.34 Å². The minimum Gasteiger partial charge on any atom is -0.301 e. The number of piperazine rings is 1. The predicted octanol–water partition coefficient (Wildman–Crippen LogP) is 4.74. The lowest BCUT2D eigenvalue weighted by Crippen LogP contribution is -2.51. The highest BCUT2D eigenvalue weighted by molar-refractivity contribution is 5.83. The van der Waals surface area contributed by atoms with E-state index < -0.39 is 0 Å². The van der Waals surface area contributed by atoms with Crippen LogP contribution in [0.3, 0.4) is 0 Å². The maximum Gasteiger partial charge on any atom is 0.245 e. The van der Waals surface area contributed by atoms with Crippen LogP contribution in [0.1, 0.15) is 40.3 Å². The summed E-state index contributed by atoms with van der Waals surface area (Å²) < 4.78 is 2.51. The first-order chi connectivity index (χ1) is 15.3. The lowest BCUT2D eigenvalue weighted by Gasteiger charge is -2.35. The molecule has 4 nitrogen and oxygen atoms in total. The number of hydrogen-bond acceptors (Lipinski definition) is 3. The SMILES string of the molecule is CCN1CCN(CC2C[N+](c3c(C)cc(C)cc3C)=CN2c2c(C)cc(C)cc2C)CC1. The summed E-state index contributed by atoms with van der Waals surface area (Å²) in [7, 11) is 0. The van der Waals surface area contributed by atoms with Crippen LogP contribution in [0.5, 0.6) is 0 Å². The van der Waals surface area contributed by atoms with Crippen molar-refractivity contribution >= 4 is 17.7 Å². The molecule has 0 radical (unpaired) electrons. The third-order valence-electron chi connectivity index (χ3n) is 7.26. The minimum absolute atomic E-state index is 0.448. The zero-order valence-electron chi connectivity index (χ0n) is 21.2. The van der Waals surface area contributed by atoms with Crippen LogP contribution in [0.15, 0.2) is 24.3 Å². The second-order valence-corrected chi connectivity index (χ2v) is 10.1. The highest BCUT2D eigenvalue weighted by Gasteiger charge is 2.38. The molecule has 4 rings (SSSR count). The van der Waals surface area contributed by atoms with Gasteiger partial charge in [0.05, 0.1) is 0 Å². The molecule has 2 aromatic rings. The Morgan fingerprint density at radius 2 is 1.25 bits per heavy atom. The zero-order chi connectivity index (χ0) is 23.0. The smallest absolute Gasteiger partial charge is 0.245 e. The van der Waals surface area contributed by atoms with E-state index in [1.54, 1.807) is 0 Å². The second kappa shape index (κ2) is 9.36. The molecule has 0 saturated carbocycles. The van der Waals surface area contributed by atoms with Crippen LogP contribution in [-0.2, 0) is 0 Å². The number of aryl methyl sites for hydroxylation is 6.